The standard InChI is InChI=1S/C10H16ClN3O11P2/c1-10(11)7(15)5(4-22-27(20,21)25-24-26(17,18)19)23-8(10)14-3-2-6(12)13-9(14)16/h2-3,5,7-8,15H,4H2,1H3,(H,20,21)(H2,12,13,16)(H2,17,18,19)/t5-,7-,8-,10-/m1/s1. The molecule has 0 amide bonds. The number of phosphoric ester groups is 1. The highest BCUT2D eigenvalue weighted by molar-refractivity contribution is 7.49. The van der Waals surface area contributed by atoms with Crippen molar-refractivity contribution in [3.05, 3.63) is 22.7 Å². The number of halogens is 1. The van der Waals surface area contributed by atoms with Crippen LogP contribution in [-0.4, -0.2) is 53.0 Å². The van der Waals surface area contributed by atoms with Crippen LogP contribution in [0.15, 0.2) is 17.1 Å². The van der Waals surface area contributed by atoms with Gasteiger partial charge in [0, 0.05) is 6.20 Å². The molecule has 14 nitrogen and oxygen atoms in total. The van der Waals surface area contributed by atoms with Crippen LogP contribution in [0.25, 0.3) is 0 Å². The third-order valence-electron chi connectivity index (χ3n) is 3.45. The molecular formula is C10H16ClN3O11P2. The molecular weight excluding hydrogens is 436 g/mol. The van der Waals surface area contributed by atoms with Gasteiger partial charge in [0.15, 0.2) is 6.23 Å². The maximum absolute atomic E-state index is 11.9. The van der Waals surface area contributed by atoms with Crippen LogP contribution in [-0.2, 0) is 27.7 Å². The van der Waals surface area contributed by atoms with Crippen molar-refractivity contribution in [3.8, 4) is 0 Å². The minimum atomic E-state index is -5.20. The predicted molar refractivity (Wildman–Crippen MR) is 87.1 cm³/mol. The predicted octanol–water partition coefficient (Wildman–Crippen LogP) is -0.761. The maximum Gasteiger partial charge on any atom is 0.500 e. The maximum atomic E-state index is 11.9. The van der Waals surface area contributed by atoms with Gasteiger partial charge in [-0.2, -0.15) is 4.98 Å². The second kappa shape index (κ2) is 7.85. The van der Waals surface area contributed by atoms with Crippen LogP contribution in [0.3, 0.4) is 0 Å². The fourth-order valence-corrected chi connectivity index (χ4v) is 3.59. The largest absolute Gasteiger partial charge is 0.500 e. The SMILES string of the molecule is C[C@@]1(Cl)[C@H](O)[C@@H](COP(=O)(O)OOP(=O)(O)O)O[C@H]1n1ccc(N)nc1=O. The molecule has 6 N–H and O–H groups in total. The van der Waals surface area contributed by atoms with E-state index in [1.165, 1.54) is 19.2 Å². The van der Waals surface area contributed by atoms with Crippen molar-refractivity contribution in [2.75, 3.05) is 12.3 Å². The van der Waals surface area contributed by atoms with E-state index in [0.717, 1.165) is 4.57 Å². The van der Waals surface area contributed by atoms with E-state index in [9.17, 15) is 23.9 Å². The summed E-state index contributed by atoms with van der Waals surface area (Å²) in [5.74, 6) is -0.0469. The number of aliphatic hydroxyl groups excluding tert-OH is 1. The molecule has 2 rings (SSSR count). The van der Waals surface area contributed by atoms with Gasteiger partial charge in [0.25, 0.3) is 0 Å². The summed E-state index contributed by atoms with van der Waals surface area (Å²) in [5.41, 5.74) is 4.58. The average molecular weight is 452 g/mol. The highest BCUT2D eigenvalue weighted by Crippen LogP contribution is 2.51. The molecule has 1 fully saturated rings. The zero-order chi connectivity index (χ0) is 20.6. The zero-order valence-electron chi connectivity index (χ0n) is 13.5. The fourth-order valence-electron chi connectivity index (χ4n) is 2.23. The van der Waals surface area contributed by atoms with Gasteiger partial charge in [0.05, 0.1) is 6.61 Å². The van der Waals surface area contributed by atoms with Gasteiger partial charge in [-0.3, -0.25) is 9.09 Å². The summed E-state index contributed by atoms with van der Waals surface area (Å²) in [7, 11) is -10.3. The molecule has 154 valence electrons. The van der Waals surface area contributed by atoms with E-state index in [0.29, 0.717) is 0 Å². The quantitative estimate of drug-likeness (QED) is 0.149. The summed E-state index contributed by atoms with van der Waals surface area (Å²) in [6, 6.07) is 1.29. The van der Waals surface area contributed by atoms with Crippen LogP contribution in [0.4, 0.5) is 5.82 Å². The Kier molecular flexibility index (Phi) is 6.52. The average Bonchev–Trinajstić information content (AvgIpc) is 2.74. The highest BCUT2D eigenvalue weighted by Gasteiger charge is 2.54. The van der Waals surface area contributed by atoms with Gasteiger partial charge in [-0.25, -0.2) is 13.9 Å². The van der Waals surface area contributed by atoms with E-state index in [4.69, 9.17) is 31.9 Å². The number of aromatic nitrogens is 2. The Morgan fingerprint density at radius 2 is 2.04 bits per heavy atom. The number of nitrogens with two attached hydrogens (primary N) is 1. The molecule has 1 aliphatic rings. The van der Waals surface area contributed by atoms with Crippen molar-refractivity contribution in [2.45, 2.75) is 30.2 Å². The number of alkyl halides is 1. The molecule has 1 aromatic heterocycles. The van der Waals surface area contributed by atoms with Crippen LogP contribution >= 0.6 is 27.2 Å². The van der Waals surface area contributed by atoms with Crippen molar-refractivity contribution in [2.24, 2.45) is 0 Å². The molecule has 0 bridgehead atoms. The molecule has 0 saturated carbocycles. The summed E-state index contributed by atoms with van der Waals surface area (Å²) in [6.45, 7) is 0.550. The number of anilines is 1. The van der Waals surface area contributed by atoms with Crippen LogP contribution in [0.5, 0.6) is 0 Å². The minimum absolute atomic E-state index is 0.0469. The molecule has 1 saturated heterocycles. The van der Waals surface area contributed by atoms with Crippen LogP contribution < -0.4 is 11.4 Å². The van der Waals surface area contributed by atoms with E-state index in [1.54, 1.807) is 0 Å². The Morgan fingerprint density at radius 1 is 1.41 bits per heavy atom. The summed E-state index contributed by atoms with van der Waals surface area (Å²) >= 11 is 6.26. The second-order valence-electron chi connectivity index (χ2n) is 5.57. The first-order valence-electron chi connectivity index (χ1n) is 7.01. The smallest absolute Gasteiger partial charge is 0.388 e. The lowest BCUT2D eigenvalue weighted by Crippen LogP contribution is -2.42. The number of hydrogen-bond donors (Lipinski definition) is 5. The zero-order valence-corrected chi connectivity index (χ0v) is 16.0. The number of nitrogen functional groups attached to an aromatic ring is 1. The lowest BCUT2D eigenvalue weighted by molar-refractivity contribution is -0.150. The van der Waals surface area contributed by atoms with Crippen LogP contribution in [0, 0.1) is 0 Å². The normalized spacial score (nSPS) is 31.0. The van der Waals surface area contributed by atoms with Gasteiger partial charge >= 0.3 is 21.3 Å². The van der Waals surface area contributed by atoms with Crippen LogP contribution in [0.1, 0.15) is 13.2 Å². The number of aliphatic hydroxyl groups is 1. The third-order valence-corrected chi connectivity index (χ3v) is 4.98. The van der Waals surface area contributed by atoms with E-state index in [1.807, 2.05) is 0 Å². The van der Waals surface area contributed by atoms with Gasteiger partial charge in [-0.1, -0.05) is 0 Å². The Labute approximate surface area is 156 Å². The summed E-state index contributed by atoms with van der Waals surface area (Å²) in [4.78, 5) is 40.0. The Bertz CT molecular complexity index is 842. The highest BCUT2D eigenvalue weighted by atomic mass is 35.5. The molecule has 27 heavy (non-hydrogen) atoms. The third kappa shape index (κ3) is 5.56. The summed E-state index contributed by atoms with van der Waals surface area (Å²) < 4.78 is 39.9. The van der Waals surface area contributed by atoms with Crippen molar-refractivity contribution in [3.63, 3.8) is 0 Å². The first-order chi connectivity index (χ1) is 12.2. The molecule has 5 atom stereocenters. The number of ether oxygens (including phenoxy) is 1. The number of rotatable bonds is 7. The Balaban J connectivity index is 2.10. The molecule has 0 radical (unpaired) electrons. The van der Waals surface area contributed by atoms with Crippen molar-refractivity contribution >= 4 is 33.1 Å². The number of hydrogen-bond acceptors (Lipinski definition) is 10. The van der Waals surface area contributed by atoms with Gasteiger partial charge in [0.1, 0.15) is 22.9 Å². The number of phosphoric acid groups is 2. The molecule has 1 unspecified atom stereocenters. The van der Waals surface area contributed by atoms with E-state index < -0.39 is 51.3 Å². The first kappa shape index (κ1) is 22.4. The van der Waals surface area contributed by atoms with Crippen molar-refractivity contribution in [1.82, 2.24) is 9.55 Å². The number of nitrogens with zero attached hydrogens (tertiary/aromatic N) is 2. The topological polar surface area (TPSA) is 213 Å². The molecule has 0 aromatic carbocycles. The van der Waals surface area contributed by atoms with Crippen molar-refractivity contribution < 1.29 is 47.5 Å². The first-order valence-corrected chi connectivity index (χ1v) is 10.4. The molecule has 0 aliphatic carbocycles. The minimum Gasteiger partial charge on any atom is -0.388 e. The lowest BCUT2D eigenvalue weighted by atomic mass is 10.0. The van der Waals surface area contributed by atoms with Gasteiger partial charge in [0.2, 0.25) is 0 Å². The van der Waals surface area contributed by atoms with E-state index >= 15 is 0 Å². The fraction of sp³-hybridized carbons (Fsp3) is 0.600. The summed E-state index contributed by atoms with van der Waals surface area (Å²) in [6.07, 6.45) is -2.81. The van der Waals surface area contributed by atoms with Gasteiger partial charge in [-0.05, 0) is 13.0 Å². The Morgan fingerprint density at radius 3 is 2.59 bits per heavy atom. The van der Waals surface area contributed by atoms with Crippen molar-refractivity contribution in [1.29, 1.82) is 0 Å². The summed E-state index contributed by atoms with van der Waals surface area (Å²) in [5, 5.41) is 10.3. The molecule has 1 aliphatic heterocycles. The van der Waals surface area contributed by atoms with E-state index in [-0.39, 0.29) is 5.82 Å². The monoisotopic (exact) mass is 451 g/mol. The van der Waals surface area contributed by atoms with Gasteiger partial charge in [-0.15, -0.1) is 20.9 Å². The van der Waals surface area contributed by atoms with Gasteiger partial charge < -0.3 is 30.3 Å². The Hall–Kier alpha value is -0.890. The second-order valence-corrected chi connectivity index (χ2v) is 8.86. The lowest BCUT2D eigenvalue weighted by Gasteiger charge is -2.26. The molecule has 1 aromatic rings. The van der Waals surface area contributed by atoms with E-state index in [2.05, 4.69) is 18.9 Å². The molecule has 2 heterocycles. The molecule has 0 spiro atoms. The molecule has 17 heteroatoms. The van der Waals surface area contributed by atoms with Crippen LogP contribution in [0.2, 0.25) is 0 Å².